The maximum absolute atomic E-state index is 11.1. The summed E-state index contributed by atoms with van der Waals surface area (Å²) in [5, 5.41) is 6.34. The number of amides is 1. The molecule has 0 aliphatic heterocycles. The van der Waals surface area contributed by atoms with Gasteiger partial charge in [-0.05, 0) is 43.7 Å². The topological polar surface area (TPSA) is 46.1 Å². The quantitative estimate of drug-likeness (QED) is 0.855. The lowest BCUT2D eigenvalue weighted by atomic mass is 10.1. The van der Waals surface area contributed by atoms with Crippen LogP contribution in [0.4, 0.5) is 5.69 Å². The third kappa shape index (κ3) is 4.20. The van der Waals surface area contributed by atoms with Crippen LogP contribution in [-0.4, -0.2) is 10.5 Å². The molecule has 1 heterocycles. The predicted octanol–water partition coefficient (Wildman–Crippen LogP) is 3.32. The second kappa shape index (κ2) is 7.09. The average molecular weight is 285 g/mol. The minimum absolute atomic E-state index is 0.0477. The molecule has 0 aliphatic carbocycles. The van der Waals surface area contributed by atoms with Gasteiger partial charge in [0.05, 0.1) is 0 Å². The van der Waals surface area contributed by atoms with Gasteiger partial charge in [-0.25, -0.2) is 0 Å². The number of carbonyl (C=O) groups is 1. The van der Waals surface area contributed by atoms with E-state index < -0.39 is 0 Å². The van der Waals surface area contributed by atoms with Crippen molar-refractivity contribution in [2.45, 2.75) is 39.9 Å². The van der Waals surface area contributed by atoms with Gasteiger partial charge in [0, 0.05) is 43.6 Å². The van der Waals surface area contributed by atoms with E-state index in [1.165, 1.54) is 12.6 Å². The first-order chi connectivity index (χ1) is 10.1. The zero-order chi connectivity index (χ0) is 15.2. The molecule has 0 saturated carbocycles. The van der Waals surface area contributed by atoms with Gasteiger partial charge in [0.15, 0.2) is 0 Å². The van der Waals surface area contributed by atoms with Crippen LogP contribution in [0.3, 0.4) is 0 Å². The molecule has 0 saturated heterocycles. The van der Waals surface area contributed by atoms with E-state index in [1.54, 1.807) is 0 Å². The van der Waals surface area contributed by atoms with E-state index in [-0.39, 0.29) is 11.9 Å². The SMILES string of the molecule is CCn1cccc1CNC(C)c1cccc(NC(C)=O)c1. The molecule has 1 aromatic carbocycles. The third-order valence-electron chi connectivity index (χ3n) is 3.56. The van der Waals surface area contributed by atoms with Crippen molar-refractivity contribution in [3.8, 4) is 0 Å². The highest BCUT2D eigenvalue weighted by Gasteiger charge is 2.07. The highest BCUT2D eigenvalue weighted by molar-refractivity contribution is 5.88. The standard InChI is InChI=1S/C17H23N3O/c1-4-20-10-6-9-17(20)12-18-13(2)15-7-5-8-16(11-15)19-14(3)21/h5-11,13,18H,4,12H2,1-3H3,(H,19,21). The van der Waals surface area contributed by atoms with E-state index in [1.807, 2.05) is 18.2 Å². The van der Waals surface area contributed by atoms with Gasteiger partial charge in [0.25, 0.3) is 0 Å². The molecule has 1 unspecified atom stereocenters. The molecule has 2 aromatic rings. The minimum Gasteiger partial charge on any atom is -0.351 e. The summed E-state index contributed by atoms with van der Waals surface area (Å²) in [6, 6.07) is 12.4. The first-order valence-corrected chi connectivity index (χ1v) is 7.35. The maximum Gasteiger partial charge on any atom is 0.221 e. The van der Waals surface area contributed by atoms with Crippen molar-refractivity contribution in [1.82, 2.24) is 9.88 Å². The Morgan fingerprint density at radius 2 is 2.10 bits per heavy atom. The molecular formula is C17H23N3O. The normalized spacial score (nSPS) is 12.1. The van der Waals surface area contributed by atoms with Crippen LogP contribution in [0.2, 0.25) is 0 Å². The fraction of sp³-hybridized carbons (Fsp3) is 0.353. The molecule has 112 valence electrons. The molecule has 1 aromatic heterocycles. The highest BCUT2D eigenvalue weighted by atomic mass is 16.1. The Hall–Kier alpha value is -2.07. The number of carbonyl (C=O) groups excluding carboxylic acids is 1. The zero-order valence-corrected chi connectivity index (χ0v) is 12.9. The Morgan fingerprint density at radius 1 is 1.29 bits per heavy atom. The summed E-state index contributed by atoms with van der Waals surface area (Å²) in [6.45, 7) is 7.60. The van der Waals surface area contributed by atoms with Gasteiger partial charge in [-0.2, -0.15) is 0 Å². The summed E-state index contributed by atoms with van der Waals surface area (Å²) in [5.41, 5.74) is 3.28. The fourth-order valence-electron chi connectivity index (χ4n) is 2.38. The van der Waals surface area contributed by atoms with Crippen LogP contribution in [0.5, 0.6) is 0 Å². The first kappa shape index (κ1) is 15.3. The maximum atomic E-state index is 11.1. The molecule has 2 rings (SSSR count). The summed E-state index contributed by atoms with van der Waals surface area (Å²) >= 11 is 0. The van der Waals surface area contributed by atoms with Crippen LogP contribution in [0, 0.1) is 0 Å². The number of hydrogen-bond acceptors (Lipinski definition) is 2. The molecule has 4 nitrogen and oxygen atoms in total. The van der Waals surface area contributed by atoms with Gasteiger partial charge in [-0.15, -0.1) is 0 Å². The number of aromatic nitrogens is 1. The lowest BCUT2D eigenvalue weighted by molar-refractivity contribution is -0.114. The summed E-state index contributed by atoms with van der Waals surface area (Å²) in [7, 11) is 0. The Labute approximate surface area is 126 Å². The van der Waals surface area contributed by atoms with Crippen LogP contribution in [0.15, 0.2) is 42.6 Å². The van der Waals surface area contributed by atoms with Crippen molar-refractivity contribution in [3.05, 3.63) is 53.9 Å². The number of benzene rings is 1. The summed E-state index contributed by atoms with van der Waals surface area (Å²) in [6.07, 6.45) is 2.10. The van der Waals surface area contributed by atoms with Gasteiger partial charge in [-0.3, -0.25) is 4.79 Å². The number of aryl methyl sites for hydroxylation is 1. The van der Waals surface area contributed by atoms with Crippen LogP contribution < -0.4 is 10.6 Å². The van der Waals surface area contributed by atoms with Crippen molar-refractivity contribution in [1.29, 1.82) is 0 Å². The average Bonchev–Trinajstić information content (AvgIpc) is 2.91. The van der Waals surface area contributed by atoms with Crippen molar-refractivity contribution in [2.24, 2.45) is 0 Å². The Balaban J connectivity index is 2.00. The lowest BCUT2D eigenvalue weighted by Gasteiger charge is -2.16. The van der Waals surface area contributed by atoms with Crippen LogP contribution in [0.1, 0.15) is 38.1 Å². The number of rotatable bonds is 6. The van der Waals surface area contributed by atoms with Gasteiger partial charge < -0.3 is 15.2 Å². The molecule has 0 radical (unpaired) electrons. The van der Waals surface area contributed by atoms with Gasteiger partial charge in [0.2, 0.25) is 5.91 Å². The second-order valence-corrected chi connectivity index (χ2v) is 5.19. The molecule has 21 heavy (non-hydrogen) atoms. The van der Waals surface area contributed by atoms with Crippen LogP contribution in [0.25, 0.3) is 0 Å². The largest absolute Gasteiger partial charge is 0.351 e. The number of anilines is 1. The molecule has 0 spiro atoms. The van der Waals surface area contributed by atoms with Crippen LogP contribution >= 0.6 is 0 Å². The van der Waals surface area contributed by atoms with E-state index in [4.69, 9.17) is 0 Å². The number of hydrogen-bond donors (Lipinski definition) is 2. The molecule has 2 N–H and O–H groups in total. The molecule has 4 heteroatoms. The highest BCUT2D eigenvalue weighted by Crippen LogP contribution is 2.18. The molecule has 0 bridgehead atoms. The summed E-state index contributed by atoms with van der Waals surface area (Å²) in [5.74, 6) is -0.0477. The first-order valence-electron chi connectivity index (χ1n) is 7.35. The van der Waals surface area contributed by atoms with Crippen molar-refractivity contribution in [2.75, 3.05) is 5.32 Å². The van der Waals surface area contributed by atoms with E-state index >= 15 is 0 Å². The fourth-order valence-corrected chi connectivity index (χ4v) is 2.38. The monoisotopic (exact) mass is 285 g/mol. The minimum atomic E-state index is -0.0477. The Bertz CT molecular complexity index is 604. The van der Waals surface area contributed by atoms with Crippen LogP contribution in [-0.2, 0) is 17.9 Å². The zero-order valence-electron chi connectivity index (χ0n) is 12.9. The number of nitrogens with zero attached hydrogens (tertiary/aromatic N) is 1. The van der Waals surface area contributed by atoms with Crippen molar-refractivity contribution < 1.29 is 4.79 Å². The van der Waals surface area contributed by atoms with Crippen molar-refractivity contribution >= 4 is 11.6 Å². The lowest BCUT2D eigenvalue weighted by Crippen LogP contribution is -2.20. The summed E-state index contributed by atoms with van der Waals surface area (Å²) < 4.78 is 2.23. The Morgan fingerprint density at radius 3 is 2.81 bits per heavy atom. The smallest absolute Gasteiger partial charge is 0.221 e. The van der Waals surface area contributed by atoms with E-state index in [0.29, 0.717) is 0 Å². The van der Waals surface area contributed by atoms with Gasteiger partial charge in [0.1, 0.15) is 0 Å². The summed E-state index contributed by atoms with van der Waals surface area (Å²) in [4.78, 5) is 11.1. The van der Waals surface area contributed by atoms with Gasteiger partial charge in [-0.1, -0.05) is 12.1 Å². The molecule has 1 atom stereocenters. The molecule has 0 fully saturated rings. The molecular weight excluding hydrogens is 262 g/mol. The second-order valence-electron chi connectivity index (χ2n) is 5.19. The van der Waals surface area contributed by atoms with E-state index in [0.717, 1.165) is 24.3 Å². The molecule has 1 amide bonds. The predicted molar refractivity (Wildman–Crippen MR) is 86.1 cm³/mol. The van der Waals surface area contributed by atoms with Crippen molar-refractivity contribution in [3.63, 3.8) is 0 Å². The third-order valence-corrected chi connectivity index (χ3v) is 3.56. The Kier molecular flexibility index (Phi) is 5.17. The number of nitrogens with one attached hydrogen (secondary N) is 2. The van der Waals surface area contributed by atoms with E-state index in [2.05, 4.69) is 53.4 Å². The van der Waals surface area contributed by atoms with E-state index in [9.17, 15) is 4.79 Å². The van der Waals surface area contributed by atoms with Gasteiger partial charge >= 0.3 is 0 Å². The molecule has 0 aliphatic rings.